The molecule has 0 saturated heterocycles. The molecule has 130 valence electrons. The van der Waals surface area contributed by atoms with Crippen LogP contribution in [0.25, 0.3) is 0 Å². The lowest BCUT2D eigenvalue weighted by Gasteiger charge is -2.05. The number of aryl methyl sites for hydroxylation is 2. The molecule has 1 heterocycles. The molecule has 1 aromatic heterocycles. The molecule has 23 heavy (non-hydrogen) atoms. The SMILES string of the molecule is N[C@H](CCCCn1cc[n+](CCCC[C@@H](N)C(=O)O)c1)C(=O)O. The van der Waals surface area contributed by atoms with Crippen LogP contribution in [0.15, 0.2) is 18.7 Å². The zero-order chi connectivity index (χ0) is 17.2. The van der Waals surface area contributed by atoms with Crippen molar-refractivity contribution in [2.75, 3.05) is 0 Å². The van der Waals surface area contributed by atoms with Crippen LogP contribution in [0.3, 0.4) is 0 Å². The van der Waals surface area contributed by atoms with Gasteiger partial charge >= 0.3 is 11.9 Å². The lowest BCUT2D eigenvalue weighted by atomic mass is 10.1. The Bertz CT molecular complexity index is 461. The van der Waals surface area contributed by atoms with Gasteiger partial charge in [-0.15, -0.1) is 0 Å². The van der Waals surface area contributed by atoms with Gasteiger partial charge in [-0.1, -0.05) is 0 Å². The van der Waals surface area contributed by atoms with E-state index in [4.69, 9.17) is 21.7 Å². The fourth-order valence-electron chi connectivity index (χ4n) is 2.27. The summed E-state index contributed by atoms with van der Waals surface area (Å²) in [7, 11) is 0. The molecule has 1 aromatic rings. The molecule has 6 N–H and O–H groups in total. The van der Waals surface area contributed by atoms with Crippen LogP contribution in [0.1, 0.15) is 38.5 Å². The number of nitrogens with zero attached hydrogens (tertiary/aromatic N) is 2. The predicted octanol–water partition coefficient (Wildman–Crippen LogP) is -0.0600. The van der Waals surface area contributed by atoms with Gasteiger partial charge < -0.3 is 21.7 Å². The van der Waals surface area contributed by atoms with Gasteiger partial charge in [-0.2, -0.15) is 0 Å². The van der Waals surface area contributed by atoms with Crippen LogP contribution in [0.4, 0.5) is 0 Å². The fourth-order valence-corrected chi connectivity index (χ4v) is 2.27. The molecule has 0 saturated carbocycles. The van der Waals surface area contributed by atoms with E-state index >= 15 is 0 Å². The molecule has 0 aliphatic rings. The van der Waals surface area contributed by atoms with Crippen LogP contribution in [0, 0.1) is 0 Å². The number of aromatic nitrogens is 2. The van der Waals surface area contributed by atoms with Crippen LogP contribution in [-0.4, -0.2) is 38.8 Å². The highest BCUT2D eigenvalue weighted by Gasteiger charge is 2.12. The third kappa shape index (κ3) is 7.75. The number of imidazole rings is 1. The smallest absolute Gasteiger partial charge is 0.320 e. The first kappa shape index (κ1) is 19.1. The number of unbranched alkanes of at least 4 members (excludes halogenated alkanes) is 2. The number of carboxylic acid groups (broad SMARTS) is 2. The van der Waals surface area contributed by atoms with Crippen LogP contribution < -0.4 is 16.0 Å². The summed E-state index contributed by atoms with van der Waals surface area (Å²) >= 11 is 0. The Hall–Kier alpha value is -1.93. The van der Waals surface area contributed by atoms with Crippen molar-refractivity contribution in [2.24, 2.45) is 11.5 Å². The highest BCUT2D eigenvalue weighted by molar-refractivity contribution is 5.73. The maximum absolute atomic E-state index is 10.6. The first-order chi connectivity index (χ1) is 10.9. The van der Waals surface area contributed by atoms with E-state index in [1.54, 1.807) is 0 Å². The van der Waals surface area contributed by atoms with Gasteiger partial charge in [0, 0.05) is 0 Å². The summed E-state index contributed by atoms with van der Waals surface area (Å²) in [5.41, 5.74) is 10.9. The van der Waals surface area contributed by atoms with E-state index in [1.165, 1.54) is 0 Å². The number of carbonyl (C=O) groups is 2. The largest absolute Gasteiger partial charge is 0.480 e. The highest BCUT2D eigenvalue weighted by Crippen LogP contribution is 2.02. The lowest BCUT2D eigenvalue weighted by molar-refractivity contribution is -0.696. The van der Waals surface area contributed by atoms with Crippen molar-refractivity contribution in [3.8, 4) is 0 Å². The van der Waals surface area contributed by atoms with Crippen LogP contribution in [-0.2, 0) is 22.7 Å². The minimum atomic E-state index is -0.952. The van der Waals surface area contributed by atoms with E-state index in [9.17, 15) is 9.59 Å². The van der Waals surface area contributed by atoms with Crippen molar-refractivity contribution >= 4 is 11.9 Å². The maximum Gasteiger partial charge on any atom is 0.320 e. The van der Waals surface area contributed by atoms with Gasteiger partial charge in [0.25, 0.3) is 0 Å². The van der Waals surface area contributed by atoms with E-state index in [-0.39, 0.29) is 0 Å². The van der Waals surface area contributed by atoms with Crippen LogP contribution >= 0.6 is 0 Å². The highest BCUT2D eigenvalue weighted by atomic mass is 16.4. The molecule has 0 bridgehead atoms. The summed E-state index contributed by atoms with van der Waals surface area (Å²) in [4.78, 5) is 21.2. The minimum Gasteiger partial charge on any atom is -0.480 e. The second-order valence-corrected chi connectivity index (χ2v) is 5.77. The second-order valence-electron chi connectivity index (χ2n) is 5.77. The zero-order valence-corrected chi connectivity index (χ0v) is 13.3. The molecule has 0 unspecified atom stereocenters. The number of carboxylic acids is 2. The molecule has 0 aliphatic carbocycles. The summed E-state index contributed by atoms with van der Waals surface area (Å²) in [5, 5.41) is 17.4. The Balaban J connectivity index is 2.17. The monoisotopic (exact) mass is 327 g/mol. The van der Waals surface area contributed by atoms with Gasteiger partial charge in [0.15, 0.2) is 0 Å². The van der Waals surface area contributed by atoms with Gasteiger partial charge in [-0.05, 0) is 38.5 Å². The molecular weight excluding hydrogens is 300 g/mol. The van der Waals surface area contributed by atoms with Crippen molar-refractivity contribution in [1.29, 1.82) is 0 Å². The van der Waals surface area contributed by atoms with Gasteiger partial charge in [-0.25, -0.2) is 9.13 Å². The van der Waals surface area contributed by atoms with Gasteiger partial charge in [0.05, 0.1) is 13.1 Å². The lowest BCUT2D eigenvalue weighted by Crippen LogP contribution is -2.32. The maximum atomic E-state index is 10.6. The molecule has 0 spiro atoms. The zero-order valence-electron chi connectivity index (χ0n) is 13.3. The molecule has 1 rings (SSSR count). The summed E-state index contributed by atoms with van der Waals surface area (Å²) < 4.78 is 4.10. The molecule has 0 radical (unpaired) electrons. The van der Waals surface area contributed by atoms with Crippen LogP contribution in [0.2, 0.25) is 0 Å². The number of hydrogen-bond donors (Lipinski definition) is 4. The fraction of sp³-hybridized carbons (Fsp3) is 0.667. The summed E-state index contributed by atoms with van der Waals surface area (Å²) in [6.07, 6.45) is 10.2. The van der Waals surface area contributed by atoms with Gasteiger partial charge in [0.1, 0.15) is 24.5 Å². The first-order valence-corrected chi connectivity index (χ1v) is 7.91. The van der Waals surface area contributed by atoms with E-state index in [1.807, 2.05) is 18.7 Å². The van der Waals surface area contributed by atoms with E-state index in [0.29, 0.717) is 12.8 Å². The summed E-state index contributed by atoms with van der Waals surface area (Å²) in [5.74, 6) is -1.90. The normalized spacial score (nSPS) is 13.7. The molecule has 0 aliphatic heterocycles. The Morgan fingerprint density at radius 1 is 1.00 bits per heavy atom. The average molecular weight is 327 g/mol. The van der Waals surface area contributed by atoms with Gasteiger partial charge in [-0.3, -0.25) is 9.59 Å². The third-order valence-electron chi connectivity index (χ3n) is 3.74. The number of nitrogens with two attached hydrogens (primary N) is 2. The number of hydrogen-bond acceptors (Lipinski definition) is 4. The molecule has 0 fully saturated rings. The second kappa shape index (κ2) is 9.96. The standard InChI is InChI=1S/C15H26N4O4/c16-12(14(20)21)5-1-3-7-18-9-10-19(11-18)8-4-2-6-13(17)15(22)23/h9-13H,1-8,16-17H2,(H-,20,21,22,23)/p+1/t12-,13-/m1/s1. The third-order valence-corrected chi connectivity index (χ3v) is 3.74. The molecule has 8 nitrogen and oxygen atoms in total. The van der Waals surface area contributed by atoms with Crippen molar-refractivity contribution in [2.45, 2.75) is 63.7 Å². The summed E-state index contributed by atoms with van der Waals surface area (Å²) in [6.45, 7) is 1.65. The molecule has 8 heteroatoms. The van der Waals surface area contributed by atoms with Crippen molar-refractivity contribution in [3.63, 3.8) is 0 Å². The van der Waals surface area contributed by atoms with E-state index < -0.39 is 24.0 Å². The van der Waals surface area contributed by atoms with Crippen molar-refractivity contribution in [3.05, 3.63) is 18.7 Å². The van der Waals surface area contributed by atoms with Crippen molar-refractivity contribution in [1.82, 2.24) is 4.57 Å². The molecular formula is C15H27N4O4+. The Morgan fingerprint density at radius 2 is 1.57 bits per heavy atom. The quantitative estimate of drug-likeness (QED) is 0.314. The first-order valence-electron chi connectivity index (χ1n) is 7.91. The van der Waals surface area contributed by atoms with Gasteiger partial charge in [0.2, 0.25) is 6.33 Å². The Kier molecular flexibility index (Phi) is 8.28. The topological polar surface area (TPSA) is 135 Å². The molecule has 0 amide bonds. The number of aliphatic carboxylic acids is 2. The summed E-state index contributed by atoms with van der Waals surface area (Å²) in [6, 6.07) is -1.55. The number of rotatable bonds is 12. The van der Waals surface area contributed by atoms with E-state index in [2.05, 4.69) is 9.13 Å². The molecule has 2 atom stereocenters. The Labute approximate surface area is 135 Å². The van der Waals surface area contributed by atoms with Crippen LogP contribution in [0.5, 0.6) is 0 Å². The predicted molar refractivity (Wildman–Crippen MR) is 83.6 cm³/mol. The molecule has 0 aromatic carbocycles. The average Bonchev–Trinajstić information content (AvgIpc) is 2.95. The Morgan fingerprint density at radius 3 is 2.13 bits per heavy atom. The minimum absolute atomic E-state index is 0.487. The van der Waals surface area contributed by atoms with E-state index in [0.717, 1.165) is 38.8 Å². The van der Waals surface area contributed by atoms with Crippen molar-refractivity contribution < 1.29 is 24.4 Å².